The number of carbonyl (C=O) groups excluding carboxylic acids is 3. The van der Waals surface area contributed by atoms with Crippen LogP contribution in [-0.2, 0) is 0 Å². The second kappa shape index (κ2) is 9.67. The Morgan fingerprint density at radius 3 is 2.03 bits per heavy atom. The number of benzene rings is 3. The van der Waals surface area contributed by atoms with Crippen LogP contribution in [0.5, 0.6) is 0 Å². The minimum absolute atomic E-state index is 0.124. The summed E-state index contributed by atoms with van der Waals surface area (Å²) < 4.78 is 0.896. The largest absolute Gasteiger partial charge is 0.308 e. The zero-order chi connectivity index (χ0) is 22.7. The van der Waals surface area contributed by atoms with Crippen molar-refractivity contribution in [1.82, 2.24) is 4.90 Å². The molecule has 0 fully saturated rings. The molecule has 4 rings (SSSR count). The van der Waals surface area contributed by atoms with E-state index in [1.54, 1.807) is 53.4 Å². The molecule has 3 aromatic carbocycles. The molecule has 1 heterocycles. The highest BCUT2D eigenvalue weighted by atomic mass is 79.9. The summed E-state index contributed by atoms with van der Waals surface area (Å²) in [6, 6.07) is 21.2. The Morgan fingerprint density at radius 2 is 1.44 bits per heavy atom. The van der Waals surface area contributed by atoms with Gasteiger partial charge in [0.2, 0.25) is 0 Å². The Balaban J connectivity index is 1.43. The molecular formula is C25H20BrClN2O3. The van der Waals surface area contributed by atoms with E-state index in [0.29, 0.717) is 47.6 Å². The second-order valence-electron chi connectivity index (χ2n) is 7.45. The summed E-state index contributed by atoms with van der Waals surface area (Å²) >= 11 is 9.41. The lowest BCUT2D eigenvalue weighted by molar-refractivity contribution is 0.0651. The molecule has 0 bridgehead atoms. The number of anilines is 1. The molecule has 0 spiro atoms. The maximum atomic E-state index is 13.2. The van der Waals surface area contributed by atoms with Gasteiger partial charge in [-0.05, 0) is 73.5 Å². The number of fused-ring (bicyclic) bond motifs is 1. The molecule has 0 aliphatic carbocycles. The number of rotatable bonds is 7. The quantitative estimate of drug-likeness (QED) is 0.296. The molecule has 0 radical (unpaired) electrons. The number of amides is 3. The van der Waals surface area contributed by atoms with Gasteiger partial charge in [-0.15, -0.1) is 0 Å². The van der Waals surface area contributed by atoms with Gasteiger partial charge >= 0.3 is 0 Å². The summed E-state index contributed by atoms with van der Waals surface area (Å²) in [5.74, 6) is -0.641. The molecule has 162 valence electrons. The molecule has 1 aliphatic rings. The average Bonchev–Trinajstić information content (AvgIpc) is 3.05. The highest BCUT2D eigenvalue weighted by Crippen LogP contribution is 2.24. The van der Waals surface area contributed by atoms with Gasteiger partial charge in [0.1, 0.15) is 0 Å². The van der Waals surface area contributed by atoms with Crippen LogP contribution in [0.25, 0.3) is 0 Å². The van der Waals surface area contributed by atoms with Gasteiger partial charge in [-0.1, -0.05) is 39.7 Å². The van der Waals surface area contributed by atoms with E-state index in [-0.39, 0.29) is 17.7 Å². The van der Waals surface area contributed by atoms with Crippen molar-refractivity contribution in [2.45, 2.75) is 12.8 Å². The standard InChI is InChI=1S/C25H20BrClN2O3/c26-18-9-7-17(8-10-18)23(30)28(20-13-11-19(27)12-14-20)15-3-4-16-29-24(31)21-5-1-2-6-22(21)25(29)32/h1-2,5-14H,3-4,15-16H2. The monoisotopic (exact) mass is 510 g/mol. The van der Waals surface area contributed by atoms with Crippen LogP contribution in [0, 0.1) is 0 Å². The Bertz CT molecular complexity index is 1130. The first kappa shape index (κ1) is 22.2. The summed E-state index contributed by atoms with van der Waals surface area (Å²) in [6.45, 7) is 0.757. The number of hydrogen-bond acceptors (Lipinski definition) is 3. The van der Waals surface area contributed by atoms with Gasteiger partial charge < -0.3 is 4.90 Å². The molecule has 0 atom stereocenters. The number of nitrogens with zero attached hydrogens (tertiary/aromatic N) is 2. The molecule has 0 saturated heterocycles. The van der Waals surface area contributed by atoms with Crippen LogP contribution in [-0.4, -0.2) is 35.7 Å². The number of imide groups is 1. The minimum atomic E-state index is -0.258. The SMILES string of the molecule is O=C1c2ccccc2C(=O)N1CCCCN(C(=O)c1ccc(Br)cc1)c1ccc(Cl)cc1. The number of halogens is 2. The van der Waals surface area contributed by atoms with Crippen molar-refractivity contribution in [1.29, 1.82) is 0 Å². The summed E-state index contributed by atoms with van der Waals surface area (Å²) in [5.41, 5.74) is 2.21. The van der Waals surface area contributed by atoms with Gasteiger partial charge in [0, 0.05) is 33.8 Å². The Kier molecular flexibility index (Phi) is 6.72. The number of hydrogen-bond donors (Lipinski definition) is 0. The molecule has 0 unspecified atom stereocenters. The molecular weight excluding hydrogens is 492 g/mol. The lowest BCUT2D eigenvalue weighted by atomic mass is 10.1. The van der Waals surface area contributed by atoms with Gasteiger partial charge in [-0.3, -0.25) is 19.3 Å². The van der Waals surface area contributed by atoms with Crippen molar-refractivity contribution in [2.24, 2.45) is 0 Å². The van der Waals surface area contributed by atoms with Crippen molar-refractivity contribution in [3.63, 3.8) is 0 Å². The smallest absolute Gasteiger partial charge is 0.261 e. The van der Waals surface area contributed by atoms with Gasteiger partial charge in [0.05, 0.1) is 11.1 Å². The molecule has 0 N–H and O–H groups in total. The van der Waals surface area contributed by atoms with Crippen molar-refractivity contribution in [2.75, 3.05) is 18.0 Å². The summed E-state index contributed by atoms with van der Waals surface area (Å²) in [4.78, 5) is 41.3. The highest BCUT2D eigenvalue weighted by molar-refractivity contribution is 9.10. The van der Waals surface area contributed by atoms with Crippen LogP contribution in [0.1, 0.15) is 43.9 Å². The molecule has 32 heavy (non-hydrogen) atoms. The Morgan fingerprint density at radius 1 is 0.844 bits per heavy atom. The predicted octanol–water partition coefficient (Wildman–Crippen LogP) is 5.83. The van der Waals surface area contributed by atoms with Crippen LogP contribution >= 0.6 is 27.5 Å². The van der Waals surface area contributed by atoms with Crippen molar-refractivity contribution < 1.29 is 14.4 Å². The first-order valence-electron chi connectivity index (χ1n) is 10.2. The Hall–Kier alpha value is -2.96. The van der Waals surface area contributed by atoms with E-state index in [0.717, 1.165) is 10.2 Å². The average molecular weight is 512 g/mol. The fraction of sp³-hybridized carbons (Fsp3) is 0.160. The third-order valence-electron chi connectivity index (χ3n) is 5.37. The normalized spacial score (nSPS) is 12.8. The van der Waals surface area contributed by atoms with Crippen LogP contribution < -0.4 is 4.90 Å². The van der Waals surface area contributed by atoms with Gasteiger partial charge in [0.15, 0.2) is 0 Å². The van der Waals surface area contributed by atoms with E-state index in [4.69, 9.17) is 11.6 Å². The zero-order valence-corrected chi connectivity index (χ0v) is 19.5. The number of carbonyl (C=O) groups is 3. The van der Waals surface area contributed by atoms with Gasteiger partial charge in [0.25, 0.3) is 17.7 Å². The van der Waals surface area contributed by atoms with E-state index < -0.39 is 0 Å². The van der Waals surface area contributed by atoms with E-state index in [1.165, 1.54) is 4.90 Å². The van der Waals surface area contributed by atoms with Crippen molar-refractivity contribution in [3.8, 4) is 0 Å². The predicted molar refractivity (Wildman–Crippen MR) is 128 cm³/mol. The first-order chi connectivity index (χ1) is 15.5. The van der Waals surface area contributed by atoms with Crippen molar-refractivity contribution in [3.05, 3.63) is 99.0 Å². The minimum Gasteiger partial charge on any atom is -0.308 e. The summed E-state index contributed by atoms with van der Waals surface area (Å²) in [5, 5.41) is 0.593. The molecule has 0 aromatic heterocycles. The topological polar surface area (TPSA) is 57.7 Å². The molecule has 5 nitrogen and oxygen atoms in total. The van der Waals surface area contributed by atoms with Gasteiger partial charge in [-0.2, -0.15) is 0 Å². The Labute approximate surface area is 199 Å². The second-order valence-corrected chi connectivity index (χ2v) is 8.81. The molecule has 7 heteroatoms. The van der Waals surface area contributed by atoms with E-state index >= 15 is 0 Å². The van der Waals surface area contributed by atoms with E-state index in [2.05, 4.69) is 15.9 Å². The van der Waals surface area contributed by atoms with Crippen LogP contribution in [0.4, 0.5) is 5.69 Å². The molecule has 3 amide bonds. The summed E-state index contributed by atoms with van der Waals surface area (Å²) in [7, 11) is 0. The maximum absolute atomic E-state index is 13.2. The lowest BCUT2D eigenvalue weighted by Gasteiger charge is -2.24. The van der Waals surface area contributed by atoms with E-state index in [1.807, 2.05) is 24.3 Å². The van der Waals surface area contributed by atoms with Crippen molar-refractivity contribution >= 4 is 50.9 Å². The fourth-order valence-corrected chi connectivity index (χ4v) is 4.09. The van der Waals surface area contributed by atoms with Crippen LogP contribution in [0.3, 0.4) is 0 Å². The lowest BCUT2D eigenvalue weighted by Crippen LogP contribution is -2.34. The highest BCUT2D eigenvalue weighted by Gasteiger charge is 2.34. The van der Waals surface area contributed by atoms with E-state index in [9.17, 15) is 14.4 Å². The number of unbranched alkanes of at least 4 members (excludes halogenated alkanes) is 1. The molecule has 3 aromatic rings. The molecule has 1 aliphatic heterocycles. The first-order valence-corrected chi connectivity index (χ1v) is 11.4. The third kappa shape index (κ3) is 4.61. The summed E-state index contributed by atoms with van der Waals surface area (Å²) in [6.07, 6.45) is 1.21. The van der Waals surface area contributed by atoms with Crippen LogP contribution in [0.2, 0.25) is 5.02 Å². The third-order valence-corrected chi connectivity index (χ3v) is 6.15. The van der Waals surface area contributed by atoms with Crippen LogP contribution in [0.15, 0.2) is 77.3 Å². The zero-order valence-electron chi connectivity index (χ0n) is 17.1. The van der Waals surface area contributed by atoms with Gasteiger partial charge in [-0.25, -0.2) is 0 Å². The molecule has 0 saturated carbocycles. The fourth-order valence-electron chi connectivity index (χ4n) is 3.70. The maximum Gasteiger partial charge on any atom is 0.261 e.